The van der Waals surface area contributed by atoms with E-state index in [1.165, 1.54) is 6.07 Å². The van der Waals surface area contributed by atoms with Crippen LogP contribution in [0.15, 0.2) is 18.2 Å². The highest BCUT2D eigenvalue weighted by molar-refractivity contribution is 5.23. The summed E-state index contributed by atoms with van der Waals surface area (Å²) in [7, 11) is 0. The summed E-state index contributed by atoms with van der Waals surface area (Å²) < 4.78 is 13.4. The van der Waals surface area contributed by atoms with Gasteiger partial charge in [-0.3, -0.25) is 0 Å². The monoisotopic (exact) mass is 211 g/mol. The van der Waals surface area contributed by atoms with Crippen molar-refractivity contribution in [3.63, 3.8) is 0 Å². The highest BCUT2D eigenvalue weighted by Crippen LogP contribution is 2.09. The Morgan fingerprint density at radius 2 is 2.20 bits per heavy atom. The first-order valence-electron chi connectivity index (χ1n) is 5.22. The largest absolute Gasteiger partial charge is 0.396 e. The molecule has 84 valence electrons. The third kappa shape index (κ3) is 3.98. The van der Waals surface area contributed by atoms with Gasteiger partial charge in [-0.25, -0.2) is 4.39 Å². The lowest BCUT2D eigenvalue weighted by molar-refractivity contribution is 0.268. The van der Waals surface area contributed by atoms with Crippen LogP contribution < -0.4 is 5.32 Å². The van der Waals surface area contributed by atoms with Gasteiger partial charge in [0, 0.05) is 24.8 Å². The van der Waals surface area contributed by atoms with Crippen molar-refractivity contribution in [1.82, 2.24) is 5.32 Å². The summed E-state index contributed by atoms with van der Waals surface area (Å²) in [5.41, 5.74) is 1.60. The van der Waals surface area contributed by atoms with Crippen LogP contribution in [-0.2, 0) is 6.54 Å². The first-order valence-corrected chi connectivity index (χ1v) is 5.22. The first kappa shape index (κ1) is 12.1. The molecule has 0 spiro atoms. The highest BCUT2D eigenvalue weighted by Gasteiger charge is 2.04. The lowest BCUT2D eigenvalue weighted by atomic mass is 10.1. The second kappa shape index (κ2) is 5.83. The van der Waals surface area contributed by atoms with Crippen molar-refractivity contribution in [3.05, 3.63) is 35.1 Å². The van der Waals surface area contributed by atoms with Crippen molar-refractivity contribution >= 4 is 0 Å². The Labute approximate surface area is 90.1 Å². The number of aryl methyl sites for hydroxylation is 1. The molecule has 3 heteroatoms. The van der Waals surface area contributed by atoms with E-state index in [1.807, 2.05) is 19.9 Å². The average Bonchev–Trinajstić information content (AvgIpc) is 2.17. The Morgan fingerprint density at radius 3 is 2.80 bits per heavy atom. The van der Waals surface area contributed by atoms with Gasteiger partial charge in [0.05, 0.1) is 0 Å². The lowest BCUT2D eigenvalue weighted by Gasteiger charge is -2.12. The molecule has 0 aliphatic heterocycles. The minimum Gasteiger partial charge on any atom is -0.396 e. The summed E-state index contributed by atoms with van der Waals surface area (Å²) in [6.07, 6.45) is 0.688. The van der Waals surface area contributed by atoms with Gasteiger partial charge in [-0.1, -0.05) is 12.1 Å². The Morgan fingerprint density at radius 1 is 1.47 bits per heavy atom. The molecule has 0 fully saturated rings. The SMILES string of the molecule is Cc1ccc(CNC(C)CCO)c(F)c1. The first-order chi connectivity index (χ1) is 7.13. The fourth-order valence-electron chi connectivity index (χ4n) is 1.38. The molecule has 2 nitrogen and oxygen atoms in total. The van der Waals surface area contributed by atoms with Gasteiger partial charge in [0.15, 0.2) is 0 Å². The van der Waals surface area contributed by atoms with Gasteiger partial charge in [0.1, 0.15) is 5.82 Å². The van der Waals surface area contributed by atoms with Gasteiger partial charge in [0.25, 0.3) is 0 Å². The van der Waals surface area contributed by atoms with E-state index in [-0.39, 0.29) is 18.5 Å². The molecule has 0 aromatic heterocycles. The van der Waals surface area contributed by atoms with E-state index in [0.29, 0.717) is 18.5 Å². The predicted octanol–water partition coefficient (Wildman–Crippen LogP) is 1.99. The molecule has 1 unspecified atom stereocenters. The van der Waals surface area contributed by atoms with Crippen molar-refractivity contribution in [2.24, 2.45) is 0 Å². The number of benzene rings is 1. The van der Waals surface area contributed by atoms with E-state index < -0.39 is 0 Å². The molecule has 2 N–H and O–H groups in total. The maximum atomic E-state index is 13.4. The molecule has 0 bridgehead atoms. The molecule has 0 saturated heterocycles. The van der Waals surface area contributed by atoms with Crippen molar-refractivity contribution in [2.75, 3.05) is 6.61 Å². The Kier molecular flexibility index (Phi) is 4.72. The quantitative estimate of drug-likeness (QED) is 0.780. The zero-order valence-corrected chi connectivity index (χ0v) is 9.26. The number of aliphatic hydroxyl groups is 1. The summed E-state index contributed by atoms with van der Waals surface area (Å²) in [5.74, 6) is -0.168. The summed E-state index contributed by atoms with van der Waals surface area (Å²) in [6, 6.07) is 5.43. The third-order valence-corrected chi connectivity index (χ3v) is 2.41. The lowest BCUT2D eigenvalue weighted by Crippen LogP contribution is -2.26. The molecule has 0 amide bonds. The standard InChI is InChI=1S/C12H18FNO/c1-9-3-4-11(12(13)7-9)8-14-10(2)5-6-15/h3-4,7,10,14-15H,5-6,8H2,1-2H3. The Balaban J connectivity index is 2.50. The van der Waals surface area contributed by atoms with Crippen LogP contribution in [0.4, 0.5) is 4.39 Å². The van der Waals surface area contributed by atoms with Crippen LogP contribution in [0, 0.1) is 12.7 Å². The van der Waals surface area contributed by atoms with Gasteiger partial charge in [0.2, 0.25) is 0 Å². The molecule has 0 saturated carbocycles. The van der Waals surface area contributed by atoms with Crippen LogP contribution in [0.5, 0.6) is 0 Å². The third-order valence-electron chi connectivity index (χ3n) is 2.41. The van der Waals surface area contributed by atoms with Crippen LogP contribution in [0.1, 0.15) is 24.5 Å². The number of aliphatic hydroxyl groups excluding tert-OH is 1. The van der Waals surface area contributed by atoms with Crippen LogP contribution in [0.25, 0.3) is 0 Å². The van der Waals surface area contributed by atoms with E-state index in [1.54, 1.807) is 6.07 Å². The minimum absolute atomic E-state index is 0.157. The van der Waals surface area contributed by atoms with Crippen molar-refractivity contribution < 1.29 is 9.50 Å². The van der Waals surface area contributed by atoms with E-state index in [4.69, 9.17) is 5.11 Å². The van der Waals surface area contributed by atoms with Crippen LogP contribution in [0.2, 0.25) is 0 Å². The topological polar surface area (TPSA) is 32.3 Å². The summed E-state index contributed by atoms with van der Waals surface area (Å²) in [5, 5.41) is 11.9. The Bertz CT molecular complexity index is 314. The van der Waals surface area contributed by atoms with E-state index >= 15 is 0 Å². The maximum absolute atomic E-state index is 13.4. The van der Waals surface area contributed by atoms with E-state index in [0.717, 1.165) is 5.56 Å². The molecule has 15 heavy (non-hydrogen) atoms. The molecule has 1 rings (SSSR count). The molecule has 1 aromatic rings. The van der Waals surface area contributed by atoms with E-state index in [2.05, 4.69) is 5.32 Å². The van der Waals surface area contributed by atoms with Gasteiger partial charge in [-0.05, 0) is 31.9 Å². The smallest absolute Gasteiger partial charge is 0.127 e. The predicted molar refractivity (Wildman–Crippen MR) is 59.1 cm³/mol. The number of nitrogens with one attached hydrogen (secondary N) is 1. The average molecular weight is 211 g/mol. The number of hydrogen-bond donors (Lipinski definition) is 2. The normalized spacial score (nSPS) is 12.8. The molecule has 0 heterocycles. The van der Waals surface area contributed by atoms with Gasteiger partial charge < -0.3 is 10.4 Å². The zero-order chi connectivity index (χ0) is 11.3. The molecular weight excluding hydrogens is 193 g/mol. The summed E-state index contributed by atoms with van der Waals surface area (Å²) >= 11 is 0. The van der Waals surface area contributed by atoms with Gasteiger partial charge in [-0.2, -0.15) is 0 Å². The van der Waals surface area contributed by atoms with Crippen LogP contribution in [-0.4, -0.2) is 17.8 Å². The number of hydrogen-bond acceptors (Lipinski definition) is 2. The highest BCUT2D eigenvalue weighted by atomic mass is 19.1. The van der Waals surface area contributed by atoms with Crippen LogP contribution >= 0.6 is 0 Å². The zero-order valence-electron chi connectivity index (χ0n) is 9.26. The molecular formula is C12H18FNO. The van der Waals surface area contributed by atoms with Gasteiger partial charge >= 0.3 is 0 Å². The van der Waals surface area contributed by atoms with E-state index in [9.17, 15) is 4.39 Å². The van der Waals surface area contributed by atoms with Gasteiger partial charge in [-0.15, -0.1) is 0 Å². The van der Waals surface area contributed by atoms with Crippen molar-refractivity contribution in [3.8, 4) is 0 Å². The molecule has 0 aliphatic rings. The minimum atomic E-state index is -0.168. The number of rotatable bonds is 5. The molecule has 0 radical (unpaired) electrons. The fourth-order valence-corrected chi connectivity index (χ4v) is 1.38. The fraction of sp³-hybridized carbons (Fsp3) is 0.500. The Hall–Kier alpha value is -0.930. The van der Waals surface area contributed by atoms with Crippen molar-refractivity contribution in [2.45, 2.75) is 32.9 Å². The molecule has 1 aromatic carbocycles. The maximum Gasteiger partial charge on any atom is 0.127 e. The molecule has 0 aliphatic carbocycles. The second-order valence-electron chi connectivity index (χ2n) is 3.89. The van der Waals surface area contributed by atoms with Crippen LogP contribution in [0.3, 0.4) is 0 Å². The molecule has 1 atom stereocenters. The summed E-state index contributed by atoms with van der Waals surface area (Å²) in [4.78, 5) is 0. The summed E-state index contributed by atoms with van der Waals surface area (Å²) in [6.45, 7) is 4.51. The second-order valence-corrected chi connectivity index (χ2v) is 3.89. The van der Waals surface area contributed by atoms with Crippen molar-refractivity contribution in [1.29, 1.82) is 0 Å². The number of halogens is 1.